The van der Waals surface area contributed by atoms with Gasteiger partial charge in [-0.2, -0.15) is 5.26 Å². The van der Waals surface area contributed by atoms with Gasteiger partial charge in [-0.15, -0.1) is 0 Å². The summed E-state index contributed by atoms with van der Waals surface area (Å²) in [6.45, 7) is 0. The zero-order chi connectivity index (χ0) is 39.5. The van der Waals surface area contributed by atoms with Crippen LogP contribution in [-0.4, -0.2) is 19.1 Å². The molecule has 6 heteroatoms. The van der Waals surface area contributed by atoms with Crippen LogP contribution in [0.4, 0.5) is 0 Å². The summed E-state index contributed by atoms with van der Waals surface area (Å²) in [5.74, 6) is 0. The third-order valence-electron chi connectivity index (χ3n) is 12.7. The summed E-state index contributed by atoms with van der Waals surface area (Å²) in [4.78, 5) is 12.4. The Labute approximate surface area is 349 Å². The fraction of sp³-hybridized carbons (Fsp3) is 0.0185. The molecule has 0 fully saturated rings. The van der Waals surface area contributed by atoms with E-state index in [4.69, 9.17) is 9.97 Å². The van der Waals surface area contributed by atoms with Gasteiger partial charge >= 0.3 is 0 Å². The van der Waals surface area contributed by atoms with Crippen LogP contribution >= 0.6 is 11.8 Å². The Hall–Kier alpha value is -7.72. The van der Waals surface area contributed by atoms with Crippen molar-refractivity contribution in [2.45, 2.75) is 15.2 Å². The lowest BCUT2D eigenvalue weighted by Crippen LogP contribution is -2.32. The molecule has 11 aromatic rings. The van der Waals surface area contributed by atoms with Gasteiger partial charge in [-0.1, -0.05) is 96.7 Å². The molecule has 5 nitrogen and oxygen atoms in total. The summed E-state index contributed by atoms with van der Waals surface area (Å²) < 4.78 is 4.71. The fourth-order valence-electron chi connectivity index (χ4n) is 10.2. The third-order valence-corrected chi connectivity index (χ3v) is 13.8. The van der Waals surface area contributed by atoms with Crippen LogP contribution in [0.2, 0.25) is 0 Å². The second-order valence-corrected chi connectivity index (χ2v) is 16.7. The molecule has 60 heavy (non-hydrogen) atoms. The topological polar surface area (TPSA) is 59.4 Å². The van der Waals surface area contributed by atoms with E-state index in [-0.39, 0.29) is 0 Å². The van der Waals surface area contributed by atoms with E-state index >= 15 is 0 Å². The van der Waals surface area contributed by atoms with E-state index < -0.39 is 5.41 Å². The van der Waals surface area contributed by atoms with Gasteiger partial charge in [-0.05, 0) is 124 Å². The first-order valence-electron chi connectivity index (χ1n) is 20.1. The molecule has 1 spiro atoms. The van der Waals surface area contributed by atoms with Gasteiger partial charge in [0.25, 0.3) is 0 Å². The predicted octanol–water partition coefficient (Wildman–Crippen LogP) is 13.0. The van der Waals surface area contributed by atoms with Crippen LogP contribution in [0.25, 0.3) is 77.5 Å². The molecule has 0 bridgehead atoms. The van der Waals surface area contributed by atoms with Gasteiger partial charge in [-0.3, -0.25) is 9.97 Å². The number of aromatic nitrogens is 4. The molecule has 0 unspecified atom stereocenters. The van der Waals surface area contributed by atoms with Crippen molar-refractivity contribution in [2.24, 2.45) is 0 Å². The van der Waals surface area contributed by atoms with Crippen molar-refractivity contribution < 1.29 is 0 Å². The number of hydrogen-bond donors (Lipinski definition) is 0. The maximum Gasteiger partial charge on any atom is 0.0991 e. The molecule has 0 radical (unpaired) electrons. The first-order chi connectivity index (χ1) is 29.7. The number of fused-ring (bicyclic) bond motifs is 15. The fourth-order valence-corrected chi connectivity index (χ4v) is 11.5. The molecule has 278 valence electrons. The molecule has 13 rings (SSSR count). The molecule has 5 heterocycles. The van der Waals surface area contributed by atoms with Crippen molar-refractivity contribution in [1.82, 2.24) is 19.1 Å². The van der Waals surface area contributed by atoms with Crippen molar-refractivity contribution in [3.8, 4) is 40.0 Å². The van der Waals surface area contributed by atoms with Crippen molar-refractivity contribution in [2.75, 3.05) is 0 Å². The molecule has 1 aliphatic heterocycles. The number of hydrogen-bond acceptors (Lipinski definition) is 4. The average Bonchev–Trinajstić information content (AvgIpc) is 3.93. The normalized spacial score (nSPS) is 13.4. The molecular formula is C54H31N5S. The van der Waals surface area contributed by atoms with Crippen LogP contribution < -0.4 is 0 Å². The summed E-state index contributed by atoms with van der Waals surface area (Å²) in [7, 11) is 0. The first-order valence-corrected chi connectivity index (χ1v) is 20.9. The number of nitrogens with zero attached hydrogens (tertiary/aromatic N) is 5. The van der Waals surface area contributed by atoms with E-state index in [1.807, 2.05) is 36.3 Å². The molecule has 4 aromatic heterocycles. The van der Waals surface area contributed by atoms with Crippen LogP contribution in [0.1, 0.15) is 27.8 Å². The molecule has 0 atom stereocenters. The SMILES string of the molecule is N#Cc1ccc2c(c1)c1ccccc1n2-c1ccc2c(c1)C1(c3ccc(-c4ccc5c(c4)c4ccccc4n5-c4ccccc4)cc3S2)c2cccnc2-c2ncccc21. The quantitative estimate of drug-likeness (QED) is 0.179. The molecule has 7 aromatic carbocycles. The van der Waals surface area contributed by atoms with Crippen LogP contribution in [0.15, 0.2) is 198 Å². The summed E-state index contributed by atoms with van der Waals surface area (Å²) >= 11 is 1.84. The highest BCUT2D eigenvalue weighted by atomic mass is 32.2. The zero-order valence-electron chi connectivity index (χ0n) is 32.0. The van der Waals surface area contributed by atoms with Crippen molar-refractivity contribution in [3.05, 3.63) is 216 Å². The maximum atomic E-state index is 9.82. The van der Waals surface area contributed by atoms with Crippen molar-refractivity contribution >= 4 is 55.4 Å². The third kappa shape index (κ3) is 4.42. The van der Waals surface area contributed by atoms with E-state index in [0.29, 0.717) is 5.56 Å². The van der Waals surface area contributed by atoms with Gasteiger partial charge in [0.2, 0.25) is 0 Å². The Morgan fingerprint density at radius 2 is 1.03 bits per heavy atom. The molecule has 0 N–H and O–H groups in total. The maximum absolute atomic E-state index is 9.82. The van der Waals surface area contributed by atoms with E-state index in [0.717, 1.165) is 55.7 Å². The number of rotatable bonds is 3. The van der Waals surface area contributed by atoms with Gasteiger partial charge < -0.3 is 9.13 Å². The van der Waals surface area contributed by atoms with Crippen LogP contribution in [0.5, 0.6) is 0 Å². The highest BCUT2D eigenvalue weighted by molar-refractivity contribution is 7.99. The van der Waals surface area contributed by atoms with Crippen LogP contribution in [-0.2, 0) is 5.41 Å². The van der Waals surface area contributed by atoms with Crippen LogP contribution in [0, 0.1) is 11.3 Å². The Balaban J connectivity index is 1.04. The summed E-state index contributed by atoms with van der Waals surface area (Å²) in [5.41, 5.74) is 15.7. The van der Waals surface area contributed by atoms with E-state index in [2.05, 4.69) is 179 Å². The van der Waals surface area contributed by atoms with Crippen molar-refractivity contribution in [3.63, 3.8) is 0 Å². The Kier molecular flexibility index (Phi) is 6.87. The largest absolute Gasteiger partial charge is 0.309 e. The van der Waals surface area contributed by atoms with Gasteiger partial charge in [-0.25, -0.2) is 0 Å². The molecule has 0 saturated heterocycles. The van der Waals surface area contributed by atoms with E-state index in [1.54, 1.807) is 0 Å². The second kappa shape index (κ2) is 12.4. The zero-order valence-corrected chi connectivity index (χ0v) is 32.9. The van der Waals surface area contributed by atoms with E-state index in [9.17, 15) is 5.26 Å². The highest BCUT2D eigenvalue weighted by Crippen LogP contribution is 2.62. The Bertz CT molecular complexity index is 3620. The Morgan fingerprint density at radius 3 is 1.75 bits per heavy atom. The minimum absolute atomic E-state index is 0.653. The van der Waals surface area contributed by atoms with Gasteiger partial charge in [0, 0.05) is 55.1 Å². The lowest BCUT2D eigenvalue weighted by Gasteiger charge is -2.39. The molecule has 0 amide bonds. The molecule has 2 aliphatic rings. The summed E-state index contributed by atoms with van der Waals surface area (Å²) in [6.07, 6.45) is 3.77. The number of para-hydroxylation sites is 3. The lowest BCUT2D eigenvalue weighted by molar-refractivity contribution is 0.718. The second-order valence-electron chi connectivity index (χ2n) is 15.7. The smallest absolute Gasteiger partial charge is 0.0991 e. The van der Waals surface area contributed by atoms with Gasteiger partial charge in [0.05, 0.1) is 50.5 Å². The number of pyridine rings is 2. The standard InChI is InChI=1S/C54H31N5S/c55-32-33-18-23-48-40(28-33)38-12-4-7-17-47(38)59(48)37-21-25-50-45(31-37)54(43-14-8-26-56-52(43)53-44(54)15-9-27-57-53)42-22-19-35(30-51(42)60-50)34-20-24-49-41(29-34)39-13-5-6-16-46(39)58(49)36-10-2-1-3-11-36/h1-31H. The average molecular weight is 782 g/mol. The molecule has 0 saturated carbocycles. The van der Waals surface area contributed by atoms with Gasteiger partial charge in [0.15, 0.2) is 0 Å². The van der Waals surface area contributed by atoms with Crippen LogP contribution in [0.3, 0.4) is 0 Å². The van der Waals surface area contributed by atoms with E-state index in [1.165, 1.54) is 53.9 Å². The minimum Gasteiger partial charge on any atom is -0.309 e. The number of benzene rings is 7. The summed E-state index contributed by atoms with van der Waals surface area (Å²) in [5, 5.41) is 14.5. The molecule has 1 aliphatic carbocycles. The Morgan fingerprint density at radius 1 is 0.433 bits per heavy atom. The molecular weight excluding hydrogens is 751 g/mol. The predicted molar refractivity (Wildman–Crippen MR) is 242 cm³/mol. The minimum atomic E-state index is -0.655. The first kappa shape index (κ1) is 33.3. The van der Waals surface area contributed by atoms with Crippen molar-refractivity contribution in [1.29, 1.82) is 5.26 Å². The number of nitriles is 1. The van der Waals surface area contributed by atoms with Gasteiger partial charge in [0.1, 0.15) is 0 Å². The summed E-state index contributed by atoms with van der Waals surface area (Å²) in [6, 6.07) is 65.7. The highest BCUT2D eigenvalue weighted by Gasteiger charge is 2.51. The lowest BCUT2D eigenvalue weighted by atomic mass is 9.67. The monoisotopic (exact) mass is 781 g/mol.